The van der Waals surface area contributed by atoms with E-state index in [-0.39, 0.29) is 0 Å². The standard InChI is InChI=1S/C8H15N5O/c9-7-11-8(13-12-7)10-4-3-6-2-1-5-14-6/h6H,1-5H2,(H4,9,10,11,12,13). The normalized spacial score (nSPS) is 21.3. The molecule has 14 heavy (non-hydrogen) atoms. The molecule has 1 unspecified atom stereocenters. The number of aromatic amines is 1. The van der Waals surface area contributed by atoms with Gasteiger partial charge >= 0.3 is 0 Å². The van der Waals surface area contributed by atoms with Crippen LogP contribution in [0.15, 0.2) is 0 Å². The summed E-state index contributed by atoms with van der Waals surface area (Å²) >= 11 is 0. The third-order valence-electron chi connectivity index (χ3n) is 2.28. The zero-order valence-corrected chi connectivity index (χ0v) is 7.99. The van der Waals surface area contributed by atoms with E-state index >= 15 is 0 Å². The SMILES string of the molecule is Nc1nc(NCCC2CCCO2)n[nH]1. The summed E-state index contributed by atoms with van der Waals surface area (Å²) in [6.45, 7) is 1.72. The van der Waals surface area contributed by atoms with E-state index in [4.69, 9.17) is 10.5 Å². The van der Waals surface area contributed by atoms with E-state index in [0.29, 0.717) is 18.0 Å². The largest absolute Gasteiger partial charge is 0.378 e. The Morgan fingerprint density at radius 3 is 3.21 bits per heavy atom. The Bertz CT molecular complexity index is 281. The maximum Gasteiger partial charge on any atom is 0.243 e. The molecule has 0 aromatic carbocycles. The van der Waals surface area contributed by atoms with Gasteiger partial charge in [-0.3, -0.25) is 0 Å². The summed E-state index contributed by atoms with van der Waals surface area (Å²) in [4.78, 5) is 3.93. The molecular weight excluding hydrogens is 182 g/mol. The minimum absolute atomic E-state index is 0.338. The van der Waals surface area contributed by atoms with Crippen molar-refractivity contribution < 1.29 is 4.74 Å². The summed E-state index contributed by atoms with van der Waals surface area (Å²) in [6.07, 6.45) is 3.74. The fraction of sp³-hybridized carbons (Fsp3) is 0.750. The van der Waals surface area contributed by atoms with Crippen LogP contribution in [-0.4, -0.2) is 34.4 Å². The molecule has 4 N–H and O–H groups in total. The second-order valence-electron chi connectivity index (χ2n) is 3.39. The number of nitrogens with one attached hydrogen (secondary N) is 2. The first kappa shape index (κ1) is 9.26. The van der Waals surface area contributed by atoms with Crippen LogP contribution >= 0.6 is 0 Å². The fourth-order valence-electron chi connectivity index (χ4n) is 1.57. The number of anilines is 2. The summed E-state index contributed by atoms with van der Waals surface area (Å²) in [5, 5.41) is 9.52. The molecule has 0 spiro atoms. The number of nitrogens with two attached hydrogens (primary N) is 1. The summed E-state index contributed by atoms with van der Waals surface area (Å²) in [5.41, 5.74) is 5.38. The van der Waals surface area contributed by atoms with Gasteiger partial charge in [-0.2, -0.15) is 4.98 Å². The molecule has 1 fully saturated rings. The predicted octanol–water partition coefficient (Wildman–Crippen LogP) is 0.368. The van der Waals surface area contributed by atoms with Gasteiger partial charge < -0.3 is 15.8 Å². The molecule has 78 valence electrons. The summed E-state index contributed by atoms with van der Waals surface area (Å²) in [5.74, 6) is 0.894. The number of ether oxygens (including phenoxy) is 1. The van der Waals surface area contributed by atoms with Gasteiger partial charge in [-0.1, -0.05) is 0 Å². The summed E-state index contributed by atoms with van der Waals surface area (Å²) in [7, 11) is 0. The Morgan fingerprint density at radius 2 is 2.57 bits per heavy atom. The van der Waals surface area contributed by atoms with Crippen LogP contribution in [0.5, 0.6) is 0 Å². The molecule has 1 aliphatic heterocycles. The Labute approximate surface area is 82.2 Å². The number of hydrogen-bond donors (Lipinski definition) is 3. The second-order valence-corrected chi connectivity index (χ2v) is 3.39. The third kappa shape index (κ3) is 2.35. The van der Waals surface area contributed by atoms with E-state index < -0.39 is 0 Å². The molecule has 0 amide bonds. The monoisotopic (exact) mass is 197 g/mol. The van der Waals surface area contributed by atoms with Gasteiger partial charge in [0.1, 0.15) is 0 Å². The van der Waals surface area contributed by atoms with E-state index in [1.807, 2.05) is 0 Å². The van der Waals surface area contributed by atoms with Gasteiger partial charge in [0.05, 0.1) is 6.10 Å². The third-order valence-corrected chi connectivity index (χ3v) is 2.28. The number of nitrogen functional groups attached to an aromatic ring is 1. The van der Waals surface area contributed by atoms with Crippen molar-refractivity contribution in [1.82, 2.24) is 15.2 Å². The van der Waals surface area contributed by atoms with Crippen molar-refractivity contribution in [2.24, 2.45) is 0 Å². The minimum atomic E-state index is 0.338. The highest BCUT2D eigenvalue weighted by Gasteiger charge is 2.14. The molecule has 2 rings (SSSR count). The van der Waals surface area contributed by atoms with Crippen LogP contribution < -0.4 is 11.1 Å². The Balaban J connectivity index is 1.67. The van der Waals surface area contributed by atoms with Crippen molar-refractivity contribution in [3.05, 3.63) is 0 Å². The van der Waals surface area contributed by atoms with Crippen LogP contribution in [0.3, 0.4) is 0 Å². The highest BCUT2D eigenvalue weighted by atomic mass is 16.5. The quantitative estimate of drug-likeness (QED) is 0.648. The first-order valence-electron chi connectivity index (χ1n) is 4.88. The van der Waals surface area contributed by atoms with E-state index in [2.05, 4.69) is 20.5 Å². The number of nitrogens with zero attached hydrogens (tertiary/aromatic N) is 2. The van der Waals surface area contributed by atoms with Crippen molar-refractivity contribution in [3.8, 4) is 0 Å². The van der Waals surface area contributed by atoms with Crippen molar-refractivity contribution in [3.63, 3.8) is 0 Å². The van der Waals surface area contributed by atoms with Crippen LogP contribution in [-0.2, 0) is 4.74 Å². The van der Waals surface area contributed by atoms with Gasteiger partial charge in [0.25, 0.3) is 0 Å². The molecular formula is C8H15N5O. The molecule has 1 aromatic heterocycles. The molecule has 0 radical (unpaired) electrons. The first-order valence-corrected chi connectivity index (χ1v) is 4.88. The van der Waals surface area contributed by atoms with Gasteiger partial charge in [0, 0.05) is 13.2 Å². The average molecular weight is 197 g/mol. The Morgan fingerprint density at radius 1 is 1.64 bits per heavy atom. The van der Waals surface area contributed by atoms with Crippen LogP contribution in [0, 0.1) is 0 Å². The highest BCUT2D eigenvalue weighted by Crippen LogP contribution is 2.14. The van der Waals surface area contributed by atoms with Gasteiger partial charge in [-0.25, -0.2) is 5.10 Å². The Kier molecular flexibility index (Phi) is 2.83. The molecule has 1 aliphatic rings. The minimum Gasteiger partial charge on any atom is -0.378 e. The highest BCUT2D eigenvalue weighted by molar-refractivity contribution is 5.29. The van der Waals surface area contributed by atoms with E-state index in [0.717, 1.165) is 26.0 Å². The van der Waals surface area contributed by atoms with Crippen LogP contribution in [0.25, 0.3) is 0 Å². The molecule has 1 saturated heterocycles. The molecule has 6 heteroatoms. The van der Waals surface area contributed by atoms with Crippen LogP contribution in [0.2, 0.25) is 0 Å². The van der Waals surface area contributed by atoms with Crippen LogP contribution in [0.1, 0.15) is 19.3 Å². The molecule has 1 atom stereocenters. The predicted molar refractivity (Wildman–Crippen MR) is 52.9 cm³/mol. The zero-order chi connectivity index (χ0) is 9.80. The summed E-state index contributed by atoms with van der Waals surface area (Å²) in [6, 6.07) is 0. The van der Waals surface area contributed by atoms with Crippen molar-refractivity contribution in [2.75, 3.05) is 24.2 Å². The number of aromatic nitrogens is 3. The maximum absolute atomic E-state index is 5.48. The molecule has 0 bridgehead atoms. The number of hydrogen-bond acceptors (Lipinski definition) is 5. The molecule has 0 saturated carbocycles. The van der Waals surface area contributed by atoms with Gasteiger partial charge in [0.2, 0.25) is 11.9 Å². The van der Waals surface area contributed by atoms with Gasteiger partial charge in [0.15, 0.2) is 0 Å². The maximum atomic E-state index is 5.48. The first-order chi connectivity index (χ1) is 6.84. The number of H-pyrrole nitrogens is 1. The lowest BCUT2D eigenvalue weighted by atomic mass is 10.2. The van der Waals surface area contributed by atoms with Crippen molar-refractivity contribution >= 4 is 11.9 Å². The molecule has 1 aromatic rings. The zero-order valence-electron chi connectivity index (χ0n) is 7.99. The summed E-state index contributed by atoms with van der Waals surface area (Å²) < 4.78 is 5.48. The lowest BCUT2D eigenvalue weighted by Crippen LogP contribution is -2.13. The molecule has 6 nitrogen and oxygen atoms in total. The molecule has 0 aliphatic carbocycles. The average Bonchev–Trinajstić information content (AvgIpc) is 2.77. The second kappa shape index (κ2) is 4.28. The van der Waals surface area contributed by atoms with E-state index in [1.54, 1.807) is 0 Å². The fourth-order valence-corrected chi connectivity index (χ4v) is 1.57. The van der Waals surface area contributed by atoms with E-state index in [1.165, 1.54) is 6.42 Å². The van der Waals surface area contributed by atoms with Gasteiger partial charge in [-0.15, -0.1) is 5.10 Å². The number of rotatable bonds is 4. The topological polar surface area (TPSA) is 88.8 Å². The lowest BCUT2D eigenvalue weighted by Gasteiger charge is -2.08. The van der Waals surface area contributed by atoms with Crippen LogP contribution in [0.4, 0.5) is 11.9 Å². The smallest absolute Gasteiger partial charge is 0.243 e. The van der Waals surface area contributed by atoms with E-state index in [9.17, 15) is 0 Å². The molecule has 2 heterocycles. The Hall–Kier alpha value is -1.30. The van der Waals surface area contributed by atoms with Crippen molar-refractivity contribution in [1.29, 1.82) is 0 Å². The van der Waals surface area contributed by atoms with Gasteiger partial charge in [-0.05, 0) is 19.3 Å². The lowest BCUT2D eigenvalue weighted by molar-refractivity contribution is 0.107. The van der Waals surface area contributed by atoms with Crippen molar-refractivity contribution in [2.45, 2.75) is 25.4 Å².